The second-order valence-corrected chi connectivity index (χ2v) is 6.22. The van der Waals surface area contributed by atoms with E-state index in [9.17, 15) is 4.79 Å². The summed E-state index contributed by atoms with van der Waals surface area (Å²) in [6.45, 7) is 3.00. The standard InChI is InChI=1S/C19H24N2O3/c1-23-10-8-15-12-20-9-4-6-17(20)14-21(13-15)19(22)16-5-3-7-18(11-16)24-2/h3-7,9,11,15H,8,10,12-14H2,1-2H3. The van der Waals surface area contributed by atoms with Crippen LogP contribution < -0.4 is 4.74 Å². The first kappa shape index (κ1) is 16.6. The molecule has 2 aromatic rings. The van der Waals surface area contributed by atoms with E-state index in [2.05, 4.69) is 16.8 Å². The molecule has 0 bridgehead atoms. The molecule has 3 rings (SSSR count). The van der Waals surface area contributed by atoms with Crippen molar-refractivity contribution < 1.29 is 14.3 Å². The number of ether oxygens (including phenoxy) is 2. The summed E-state index contributed by atoms with van der Waals surface area (Å²) in [5, 5.41) is 0. The first-order valence-electron chi connectivity index (χ1n) is 8.27. The van der Waals surface area contributed by atoms with Crippen LogP contribution in [0.1, 0.15) is 22.5 Å². The van der Waals surface area contributed by atoms with Crippen molar-refractivity contribution in [1.82, 2.24) is 9.47 Å². The first-order valence-corrected chi connectivity index (χ1v) is 8.27. The Morgan fingerprint density at radius 2 is 2.08 bits per heavy atom. The van der Waals surface area contributed by atoms with Gasteiger partial charge in [0, 0.05) is 44.3 Å². The van der Waals surface area contributed by atoms with Crippen LogP contribution in [0, 0.1) is 5.92 Å². The summed E-state index contributed by atoms with van der Waals surface area (Å²) >= 11 is 0. The molecule has 1 atom stereocenters. The van der Waals surface area contributed by atoms with E-state index in [-0.39, 0.29) is 5.91 Å². The third-order valence-corrected chi connectivity index (χ3v) is 4.54. The van der Waals surface area contributed by atoms with Gasteiger partial charge in [-0.25, -0.2) is 0 Å². The molecule has 0 aliphatic carbocycles. The highest BCUT2D eigenvalue weighted by Gasteiger charge is 2.25. The van der Waals surface area contributed by atoms with Gasteiger partial charge in [0.2, 0.25) is 0 Å². The molecule has 128 valence electrons. The third-order valence-electron chi connectivity index (χ3n) is 4.54. The number of hydrogen-bond donors (Lipinski definition) is 0. The zero-order chi connectivity index (χ0) is 16.9. The Bertz CT molecular complexity index is 695. The minimum absolute atomic E-state index is 0.0472. The molecule has 5 nitrogen and oxygen atoms in total. The van der Waals surface area contributed by atoms with Crippen molar-refractivity contribution in [2.24, 2.45) is 5.92 Å². The molecule has 2 heterocycles. The number of nitrogens with zero attached hydrogens (tertiary/aromatic N) is 2. The Morgan fingerprint density at radius 3 is 2.88 bits per heavy atom. The monoisotopic (exact) mass is 328 g/mol. The van der Waals surface area contributed by atoms with Crippen LogP contribution >= 0.6 is 0 Å². The Morgan fingerprint density at radius 1 is 1.21 bits per heavy atom. The van der Waals surface area contributed by atoms with Crippen LogP contribution in [0.15, 0.2) is 42.6 Å². The fourth-order valence-corrected chi connectivity index (χ4v) is 3.24. The summed E-state index contributed by atoms with van der Waals surface area (Å²) in [5.41, 5.74) is 1.84. The average molecular weight is 328 g/mol. The minimum atomic E-state index is 0.0472. The summed E-state index contributed by atoms with van der Waals surface area (Å²) in [5.74, 6) is 1.13. The number of carbonyl (C=O) groups excluding carboxylic acids is 1. The predicted molar refractivity (Wildman–Crippen MR) is 92.1 cm³/mol. The highest BCUT2D eigenvalue weighted by molar-refractivity contribution is 5.94. The molecule has 1 amide bonds. The van der Waals surface area contributed by atoms with Gasteiger partial charge in [-0.05, 0) is 42.7 Å². The van der Waals surface area contributed by atoms with Gasteiger partial charge < -0.3 is 18.9 Å². The molecule has 5 heteroatoms. The van der Waals surface area contributed by atoms with Crippen molar-refractivity contribution in [3.05, 3.63) is 53.9 Å². The summed E-state index contributed by atoms with van der Waals surface area (Å²) in [6, 6.07) is 11.5. The molecule has 0 radical (unpaired) electrons. The minimum Gasteiger partial charge on any atom is -0.497 e. The van der Waals surface area contributed by atoms with Crippen molar-refractivity contribution in [2.75, 3.05) is 27.4 Å². The highest BCUT2D eigenvalue weighted by atomic mass is 16.5. The lowest BCUT2D eigenvalue weighted by Gasteiger charge is -2.24. The number of fused-ring (bicyclic) bond motifs is 1. The number of hydrogen-bond acceptors (Lipinski definition) is 3. The number of carbonyl (C=O) groups is 1. The van der Waals surface area contributed by atoms with Gasteiger partial charge in [-0.1, -0.05) is 6.07 Å². The van der Waals surface area contributed by atoms with E-state index >= 15 is 0 Å². The van der Waals surface area contributed by atoms with Crippen molar-refractivity contribution >= 4 is 5.91 Å². The van der Waals surface area contributed by atoms with Crippen molar-refractivity contribution in [3.63, 3.8) is 0 Å². The molecule has 0 N–H and O–H groups in total. The van der Waals surface area contributed by atoms with Crippen LogP contribution in [-0.4, -0.2) is 42.7 Å². The third kappa shape index (κ3) is 3.62. The van der Waals surface area contributed by atoms with Crippen LogP contribution in [0.25, 0.3) is 0 Å². The highest BCUT2D eigenvalue weighted by Crippen LogP contribution is 2.22. The van der Waals surface area contributed by atoms with E-state index in [4.69, 9.17) is 9.47 Å². The SMILES string of the molecule is COCCC1CN(C(=O)c2cccc(OC)c2)Cc2cccn2C1. The van der Waals surface area contributed by atoms with E-state index in [0.717, 1.165) is 19.5 Å². The number of aromatic nitrogens is 1. The molecule has 0 saturated carbocycles. The van der Waals surface area contributed by atoms with Gasteiger partial charge in [-0.2, -0.15) is 0 Å². The normalized spacial score (nSPS) is 17.2. The second-order valence-electron chi connectivity index (χ2n) is 6.22. The summed E-state index contributed by atoms with van der Waals surface area (Å²) in [4.78, 5) is 14.9. The number of benzene rings is 1. The van der Waals surface area contributed by atoms with Gasteiger partial charge >= 0.3 is 0 Å². The van der Waals surface area contributed by atoms with E-state index in [1.54, 1.807) is 20.3 Å². The number of methoxy groups -OCH3 is 2. The average Bonchev–Trinajstić information content (AvgIpc) is 2.97. The topological polar surface area (TPSA) is 43.7 Å². The Hall–Kier alpha value is -2.27. The molecule has 0 fully saturated rings. The lowest BCUT2D eigenvalue weighted by Crippen LogP contribution is -2.34. The van der Waals surface area contributed by atoms with E-state index in [1.807, 2.05) is 29.2 Å². The van der Waals surface area contributed by atoms with Crippen LogP contribution in [0.3, 0.4) is 0 Å². The van der Waals surface area contributed by atoms with Gasteiger partial charge in [0.25, 0.3) is 5.91 Å². The van der Waals surface area contributed by atoms with Crippen LogP contribution in [0.4, 0.5) is 0 Å². The number of rotatable bonds is 5. The van der Waals surface area contributed by atoms with Gasteiger partial charge in [0.15, 0.2) is 0 Å². The van der Waals surface area contributed by atoms with Crippen LogP contribution in [0.2, 0.25) is 0 Å². The quantitative estimate of drug-likeness (QED) is 0.848. The maximum Gasteiger partial charge on any atom is 0.254 e. The van der Waals surface area contributed by atoms with Gasteiger partial charge in [-0.15, -0.1) is 0 Å². The molecule has 1 aromatic carbocycles. The molecule has 24 heavy (non-hydrogen) atoms. The van der Waals surface area contributed by atoms with E-state index in [0.29, 0.717) is 30.4 Å². The fraction of sp³-hybridized carbons (Fsp3) is 0.421. The molecule has 1 unspecified atom stereocenters. The van der Waals surface area contributed by atoms with Crippen molar-refractivity contribution in [1.29, 1.82) is 0 Å². The van der Waals surface area contributed by atoms with Gasteiger partial charge in [0.05, 0.1) is 13.7 Å². The van der Waals surface area contributed by atoms with Crippen molar-refractivity contribution in [3.8, 4) is 5.75 Å². The number of amides is 1. The van der Waals surface area contributed by atoms with Gasteiger partial charge in [0.1, 0.15) is 5.75 Å². The molecular formula is C19H24N2O3. The zero-order valence-corrected chi connectivity index (χ0v) is 14.3. The molecule has 0 spiro atoms. The maximum absolute atomic E-state index is 13.0. The molecule has 0 saturated heterocycles. The Labute approximate surface area is 142 Å². The van der Waals surface area contributed by atoms with Gasteiger partial charge in [-0.3, -0.25) is 4.79 Å². The summed E-state index contributed by atoms with van der Waals surface area (Å²) < 4.78 is 12.7. The van der Waals surface area contributed by atoms with Crippen LogP contribution in [-0.2, 0) is 17.8 Å². The molecule has 1 aliphatic rings. The van der Waals surface area contributed by atoms with E-state index < -0.39 is 0 Å². The predicted octanol–water partition coefficient (Wildman–Crippen LogP) is 2.81. The summed E-state index contributed by atoms with van der Waals surface area (Å²) in [6.07, 6.45) is 3.03. The maximum atomic E-state index is 13.0. The van der Waals surface area contributed by atoms with Crippen LogP contribution in [0.5, 0.6) is 5.75 Å². The summed E-state index contributed by atoms with van der Waals surface area (Å²) in [7, 11) is 3.33. The molecular weight excluding hydrogens is 304 g/mol. The lowest BCUT2D eigenvalue weighted by atomic mass is 10.0. The molecule has 1 aromatic heterocycles. The molecule has 1 aliphatic heterocycles. The second kappa shape index (κ2) is 7.53. The lowest BCUT2D eigenvalue weighted by molar-refractivity contribution is 0.0705. The first-order chi connectivity index (χ1) is 11.7. The van der Waals surface area contributed by atoms with E-state index in [1.165, 1.54) is 5.69 Å². The van der Waals surface area contributed by atoms with Crippen molar-refractivity contribution in [2.45, 2.75) is 19.5 Å². The fourth-order valence-electron chi connectivity index (χ4n) is 3.24. The smallest absolute Gasteiger partial charge is 0.254 e. The Kier molecular flexibility index (Phi) is 5.20. The largest absolute Gasteiger partial charge is 0.497 e. The Balaban J connectivity index is 1.83. The zero-order valence-electron chi connectivity index (χ0n) is 14.3.